The first-order valence-corrected chi connectivity index (χ1v) is 12.9. The van der Waals surface area contributed by atoms with Gasteiger partial charge < -0.3 is 5.11 Å². The average Bonchev–Trinajstić information content (AvgIpc) is 3.01. The second-order valence-electron chi connectivity index (χ2n) is 8.96. The molecule has 3 heterocycles. The number of benzene rings is 2. The molecule has 176 valence electrons. The molecule has 4 atom stereocenters. The first kappa shape index (κ1) is 22.9. The Morgan fingerprint density at radius 3 is 2.15 bits per heavy atom. The van der Waals surface area contributed by atoms with E-state index >= 15 is 0 Å². The van der Waals surface area contributed by atoms with Crippen LogP contribution < -0.4 is 4.90 Å². The highest BCUT2D eigenvalue weighted by Crippen LogP contribution is 2.54. The van der Waals surface area contributed by atoms with Gasteiger partial charge in [-0.1, -0.05) is 51.8 Å². The number of sulfonamides is 1. The Morgan fingerprint density at radius 2 is 1.56 bits per heavy atom. The molecule has 0 aromatic heterocycles. The van der Waals surface area contributed by atoms with Gasteiger partial charge >= 0.3 is 0 Å². The lowest BCUT2D eigenvalue weighted by Crippen LogP contribution is -2.70. The second kappa shape index (κ2) is 7.34. The Labute approximate surface area is 205 Å². The van der Waals surface area contributed by atoms with Crippen LogP contribution in [0.25, 0.3) is 0 Å². The van der Waals surface area contributed by atoms with Crippen molar-refractivity contribution < 1.29 is 27.9 Å². The van der Waals surface area contributed by atoms with Crippen LogP contribution >= 0.6 is 15.9 Å². The average molecular weight is 545 g/mol. The molecule has 8 nitrogen and oxygen atoms in total. The number of halogens is 1. The van der Waals surface area contributed by atoms with Crippen LogP contribution in [0.4, 0.5) is 5.69 Å². The number of hydrogen-bond acceptors (Lipinski definition) is 6. The van der Waals surface area contributed by atoms with Gasteiger partial charge in [-0.05, 0) is 50.1 Å². The van der Waals surface area contributed by atoms with Crippen LogP contribution in [-0.4, -0.2) is 47.2 Å². The van der Waals surface area contributed by atoms with Gasteiger partial charge in [0.15, 0.2) is 5.60 Å². The molecule has 1 aliphatic carbocycles. The van der Waals surface area contributed by atoms with Crippen molar-refractivity contribution >= 4 is 49.4 Å². The van der Waals surface area contributed by atoms with Crippen molar-refractivity contribution in [1.29, 1.82) is 0 Å². The monoisotopic (exact) mass is 544 g/mol. The Hall–Kier alpha value is -2.82. The van der Waals surface area contributed by atoms with E-state index in [1.807, 2.05) is 6.92 Å². The maximum atomic E-state index is 13.9. The van der Waals surface area contributed by atoms with Crippen LogP contribution in [-0.2, 0) is 24.4 Å². The molecule has 2 bridgehead atoms. The van der Waals surface area contributed by atoms with Gasteiger partial charge in [-0.25, -0.2) is 17.6 Å². The van der Waals surface area contributed by atoms with Crippen molar-refractivity contribution in [2.24, 2.45) is 11.8 Å². The van der Waals surface area contributed by atoms with Crippen LogP contribution in [0, 0.1) is 32.6 Å². The van der Waals surface area contributed by atoms with Crippen molar-refractivity contribution in [3.05, 3.63) is 69.7 Å². The Kier molecular flexibility index (Phi) is 4.95. The fourth-order valence-electron chi connectivity index (χ4n) is 5.53. The predicted molar refractivity (Wildman–Crippen MR) is 126 cm³/mol. The van der Waals surface area contributed by atoms with Crippen molar-refractivity contribution in [2.45, 2.75) is 37.3 Å². The van der Waals surface area contributed by atoms with Gasteiger partial charge in [-0.15, -0.1) is 0 Å². The molecule has 2 fully saturated rings. The van der Waals surface area contributed by atoms with E-state index in [-0.39, 0.29) is 15.1 Å². The van der Waals surface area contributed by atoms with E-state index in [1.54, 1.807) is 56.3 Å². The summed E-state index contributed by atoms with van der Waals surface area (Å²) in [6.07, 6.45) is 1.35. The molecule has 2 aromatic rings. The Bertz CT molecular complexity index is 1400. The lowest BCUT2D eigenvalue weighted by atomic mass is 9.68. The molecule has 2 aromatic carbocycles. The number of fused-ring (bicyclic) bond motifs is 1. The van der Waals surface area contributed by atoms with Gasteiger partial charge in [0.1, 0.15) is 0 Å². The van der Waals surface area contributed by atoms with Gasteiger partial charge in [0, 0.05) is 4.48 Å². The fraction of sp³-hybridized carbons (Fsp3) is 0.292. The summed E-state index contributed by atoms with van der Waals surface area (Å²) in [5.41, 5.74) is -0.485. The van der Waals surface area contributed by atoms with E-state index in [0.717, 1.165) is 10.5 Å². The highest BCUT2D eigenvalue weighted by atomic mass is 79.9. The fourth-order valence-corrected chi connectivity index (χ4v) is 8.21. The third kappa shape index (κ3) is 2.79. The number of amides is 3. The van der Waals surface area contributed by atoms with E-state index < -0.39 is 51.2 Å². The normalized spacial score (nSPS) is 28.4. The minimum absolute atomic E-state index is 0.0175. The van der Waals surface area contributed by atoms with Crippen LogP contribution in [0.1, 0.15) is 16.7 Å². The Balaban J connectivity index is 1.69. The molecule has 3 amide bonds. The molecular weight excluding hydrogens is 524 g/mol. The molecule has 10 heteroatoms. The number of para-hydroxylation sites is 1. The minimum Gasteiger partial charge on any atom is -0.374 e. The summed E-state index contributed by atoms with van der Waals surface area (Å²) >= 11 is 3.18. The zero-order chi connectivity index (χ0) is 24.7. The third-order valence-electron chi connectivity index (χ3n) is 6.78. The van der Waals surface area contributed by atoms with Crippen LogP contribution in [0.3, 0.4) is 0 Å². The number of carbonyl (C=O) groups is 3. The van der Waals surface area contributed by atoms with E-state index in [0.29, 0.717) is 15.4 Å². The standard InChI is InChI=1S/C24H21BrN2O6S/c1-12-9-13(2)20(14(3)10-12)34(32,33)27-16-11-17(25)24(31,23(27)30)19-18(16)21(28)26(22(19)29)15-7-5-4-6-8-15/h4-11,16,18-19,31H,1-3H3. The van der Waals surface area contributed by atoms with Gasteiger partial charge in [-0.3, -0.25) is 14.4 Å². The molecular formula is C24H21BrN2O6S. The number of carbonyl (C=O) groups excluding carboxylic acids is 3. The number of anilines is 1. The van der Waals surface area contributed by atoms with Gasteiger partial charge in [0.25, 0.3) is 15.9 Å². The minimum atomic E-state index is -4.47. The summed E-state index contributed by atoms with van der Waals surface area (Å²) in [6.45, 7) is 5.09. The largest absolute Gasteiger partial charge is 0.374 e. The molecule has 1 N–H and O–H groups in total. The smallest absolute Gasteiger partial charge is 0.274 e. The first-order chi connectivity index (χ1) is 15.9. The van der Waals surface area contributed by atoms with Gasteiger partial charge in [-0.2, -0.15) is 0 Å². The van der Waals surface area contributed by atoms with Crippen molar-refractivity contribution in [2.75, 3.05) is 4.90 Å². The van der Waals surface area contributed by atoms with Crippen molar-refractivity contribution in [3.8, 4) is 0 Å². The molecule has 3 aliphatic heterocycles. The molecule has 0 spiro atoms. The van der Waals surface area contributed by atoms with E-state index in [1.165, 1.54) is 6.08 Å². The van der Waals surface area contributed by atoms with Gasteiger partial charge in [0.05, 0.1) is 28.5 Å². The third-order valence-corrected chi connectivity index (χ3v) is 9.74. The van der Waals surface area contributed by atoms with Crippen molar-refractivity contribution in [3.63, 3.8) is 0 Å². The predicted octanol–water partition coefficient (Wildman–Crippen LogP) is 2.34. The SMILES string of the molecule is Cc1cc(C)c(S(=O)(=O)N2C(=O)C3(O)C(Br)=CC2C2C(=O)N(c4ccccc4)C(=O)C23)c(C)c1. The van der Waals surface area contributed by atoms with Crippen LogP contribution in [0.2, 0.25) is 0 Å². The number of nitrogens with zero attached hydrogens (tertiary/aromatic N) is 2. The summed E-state index contributed by atoms with van der Waals surface area (Å²) in [5, 5.41) is 11.6. The molecule has 2 saturated heterocycles. The summed E-state index contributed by atoms with van der Waals surface area (Å²) in [4.78, 5) is 41.4. The molecule has 6 rings (SSSR count). The summed E-state index contributed by atoms with van der Waals surface area (Å²) in [6, 6.07) is 10.3. The highest BCUT2D eigenvalue weighted by molar-refractivity contribution is 9.11. The maximum absolute atomic E-state index is 13.9. The molecule has 34 heavy (non-hydrogen) atoms. The molecule has 4 unspecified atom stereocenters. The maximum Gasteiger partial charge on any atom is 0.274 e. The second-order valence-corrected chi connectivity index (χ2v) is 11.6. The summed E-state index contributed by atoms with van der Waals surface area (Å²) < 4.78 is 28.3. The lowest BCUT2D eigenvalue weighted by Gasteiger charge is -2.50. The van der Waals surface area contributed by atoms with E-state index in [2.05, 4.69) is 15.9 Å². The Morgan fingerprint density at radius 1 is 0.971 bits per heavy atom. The number of aryl methyl sites for hydroxylation is 3. The molecule has 0 radical (unpaired) electrons. The quantitative estimate of drug-likeness (QED) is 0.593. The van der Waals surface area contributed by atoms with E-state index in [9.17, 15) is 27.9 Å². The summed E-state index contributed by atoms with van der Waals surface area (Å²) in [5.74, 6) is -5.25. The van der Waals surface area contributed by atoms with Crippen LogP contribution in [0.15, 0.2) is 57.9 Å². The van der Waals surface area contributed by atoms with E-state index in [4.69, 9.17) is 0 Å². The molecule has 4 aliphatic rings. The number of aliphatic hydroxyl groups is 1. The molecule has 0 saturated carbocycles. The topological polar surface area (TPSA) is 112 Å². The number of piperidine rings is 1. The lowest BCUT2D eigenvalue weighted by molar-refractivity contribution is -0.165. The van der Waals surface area contributed by atoms with Gasteiger partial charge in [0.2, 0.25) is 11.8 Å². The number of hydrogen-bond donors (Lipinski definition) is 1. The van der Waals surface area contributed by atoms with Crippen molar-refractivity contribution in [1.82, 2.24) is 4.31 Å². The zero-order valence-electron chi connectivity index (χ0n) is 18.5. The number of imide groups is 1. The highest BCUT2D eigenvalue weighted by Gasteiger charge is 2.73. The summed E-state index contributed by atoms with van der Waals surface area (Å²) in [7, 11) is -4.47. The zero-order valence-corrected chi connectivity index (χ0v) is 20.9. The van der Waals surface area contributed by atoms with Crippen LogP contribution in [0.5, 0.6) is 0 Å². The number of rotatable bonds is 3. The first-order valence-electron chi connectivity index (χ1n) is 10.6.